The second-order valence-corrected chi connectivity index (χ2v) is 4.17. The van der Waals surface area contributed by atoms with Crippen molar-refractivity contribution >= 4 is 17.4 Å². The quantitative estimate of drug-likeness (QED) is 0.753. The highest BCUT2D eigenvalue weighted by Crippen LogP contribution is 2.11. The largest absolute Gasteiger partial charge is 0.389 e. The molecule has 1 heterocycles. The number of nitrogens with zero attached hydrogens (tertiary/aromatic N) is 2. The summed E-state index contributed by atoms with van der Waals surface area (Å²) in [5, 5.41) is 12.7. The van der Waals surface area contributed by atoms with Gasteiger partial charge in [-0.1, -0.05) is 0 Å². The Labute approximate surface area is 88.3 Å². The van der Waals surface area contributed by atoms with Gasteiger partial charge in [0.15, 0.2) is 0 Å². The highest BCUT2D eigenvalue weighted by Gasteiger charge is 2.12. The predicted octanol–water partition coefficient (Wildman–Crippen LogP) is 1.62. The van der Waals surface area contributed by atoms with Crippen LogP contribution >= 0.6 is 11.6 Å². The molecule has 0 spiro atoms. The van der Waals surface area contributed by atoms with Crippen LogP contribution in [0.4, 0.5) is 5.82 Å². The monoisotopic (exact) mass is 215 g/mol. The molecule has 0 unspecified atom stereocenters. The van der Waals surface area contributed by atoms with Gasteiger partial charge in [0.1, 0.15) is 5.82 Å². The average molecular weight is 216 g/mol. The number of aromatic nitrogens is 2. The molecule has 0 amide bonds. The van der Waals surface area contributed by atoms with E-state index < -0.39 is 5.60 Å². The van der Waals surface area contributed by atoms with Crippen molar-refractivity contribution in [3.63, 3.8) is 0 Å². The Hall–Kier alpha value is -0.870. The third-order valence-corrected chi connectivity index (χ3v) is 1.70. The molecule has 0 aliphatic rings. The minimum absolute atomic E-state index is 0.211. The Balaban J connectivity index is 2.68. The summed E-state index contributed by atoms with van der Waals surface area (Å²) in [6.45, 7) is 5.69. The van der Waals surface area contributed by atoms with Crippen molar-refractivity contribution in [3.05, 3.63) is 17.0 Å². The first-order chi connectivity index (χ1) is 6.37. The van der Waals surface area contributed by atoms with Crippen molar-refractivity contribution in [1.29, 1.82) is 0 Å². The Bertz CT molecular complexity index is 302. The van der Waals surface area contributed by atoms with Crippen LogP contribution in [-0.2, 0) is 0 Å². The molecule has 0 saturated carbocycles. The summed E-state index contributed by atoms with van der Waals surface area (Å²) in [5.74, 6) is 0.629. The lowest BCUT2D eigenvalue weighted by Gasteiger charge is -2.18. The van der Waals surface area contributed by atoms with Crippen LogP contribution in [0.3, 0.4) is 0 Å². The fourth-order valence-electron chi connectivity index (χ4n) is 0.930. The maximum Gasteiger partial charge on any atom is 0.224 e. The van der Waals surface area contributed by atoms with E-state index in [0.717, 1.165) is 5.69 Å². The zero-order valence-corrected chi connectivity index (χ0v) is 9.26. The van der Waals surface area contributed by atoms with Gasteiger partial charge in [-0.05, 0) is 32.4 Å². The lowest BCUT2D eigenvalue weighted by atomic mass is 10.1. The van der Waals surface area contributed by atoms with Crippen LogP contribution in [0, 0.1) is 6.92 Å². The molecule has 0 radical (unpaired) electrons. The molecule has 78 valence electrons. The lowest BCUT2D eigenvalue weighted by molar-refractivity contribution is 0.0944. The molecular weight excluding hydrogens is 202 g/mol. The Morgan fingerprint density at radius 1 is 1.50 bits per heavy atom. The molecule has 4 nitrogen and oxygen atoms in total. The summed E-state index contributed by atoms with van der Waals surface area (Å²) in [6, 6.07) is 1.78. The van der Waals surface area contributed by atoms with Gasteiger partial charge < -0.3 is 10.4 Å². The van der Waals surface area contributed by atoms with Crippen molar-refractivity contribution in [2.24, 2.45) is 0 Å². The normalized spacial score (nSPS) is 11.5. The van der Waals surface area contributed by atoms with Crippen LogP contribution in [0.25, 0.3) is 0 Å². The number of anilines is 1. The number of hydrogen-bond donors (Lipinski definition) is 2. The minimum Gasteiger partial charge on any atom is -0.389 e. The van der Waals surface area contributed by atoms with Crippen molar-refractivity contribution < 1.29 is 5.11 Å². The van der Waals surface area contributed by atoms with E-state index in [9.17, 15) is 5.11 Å². The van der Waals surface area contributed by atoms with Gasteiger partial charge >= 0.3 is 0 Å². The summed E-state index contributed by atoms with van der Waals surface area (Å²) in [4.78, 5) is 7.90. The third kappa shape index (κ3) is 3.89. The van der Waals surface area contributed by atoms with Crippen LogP contribution in [0.2, 0.25) is 5.28 Å². The molecular formula is C9H14ClN3O. The predicted molar refractivity (Wildman–Crippen MR) is 56.6 cm³/mol. The van der Waals surface area contributed by atoms with Gasteiger partial charge in [-0.3, -0.25) is 0 Å². The molecule has 2 N–H and O–H groups in total. The van der Waals surface area contributed by atoms with Gasteiger partial charge in [-0.15, -0.1) is 0 Å². The van der Waals surface area contributed by atoms with Crippen LogP contribution in [0.5, 0.6) is 0 Å². The second-order valence-electron chi connectivity index (χ2n) is 3.83. The van der Waals surface area contributed by atoms with Gasteiger partial charge in [0, 0.05) is 18.3 Å². The lowest BCUT2D eigenvalue weighted by Crippen LogP contribution is -2.29. The molecule has 0 saturated heterocycles. The van der Waals surface area contributed by atoms with Gasteiger partial charge in [-0.25, -0.2) is 9.97 Å². The van der Waals surface area contributed by atoms with E-state index in [4.69, 9.17) is 11.6 Å². The number of nitrogens with one attached hydrogen (secondary N) is 1. The molecule has 0 bridgehead atoms. The van der Waals surface area contributed by atoms with E-state index in [0.29, 0.717) is 12.4 Å². The number of halogens is 1. The fourth-order valence-corrected chi connectivity index (χ4v) is 1.15. The summed E-state index contributed by atoms with van der Waals surface area (Å²) < 4.78 is 0. The molecule has 0 aliphatic carbocycles. The van der Waals surface area contributed by atoms with Gasteiger partial charge in [0.05, 0.1) is 5.60 Å². The smallest absolute Gasteiger partial charge is 0.224 e. The average Bonchev–Trinajstić information content (AvgIpc) is 1.97. The maximum absolute atomic E-state index is 9.48. The standard InChI is InChI=1S/C9H14ClN3O/c1-6-4-7(13-8(10)12-6)11-5-9(2,3)14/h4,14H,5H2,1-3H3,(H,11,12,13). The zero-order chi connectivity index (χ0) is 10.8. The zero-order valence-electron chi connectivity index (χ0n) is 8.50. The number of hydrogen-bond acceptors (Lipinski definition) is 4. The van der Waals surface area contributed by atoms with Crippen molar-refractivity contribution in [3.8, 4) is 0 Å². The molecule has 1 aromatic heterocycles. The SMILES string of the molecule is Cc1cc(NCC(C)(C)O)nc(Cl)n1. The van der Waals surface area contributed by atoms with Crippen molar-refractivity contribution in [1.82, 2.24) is 9.97 Å². The Kier molecular flexibility index (Phi) is 3.29. The van der Waals surface area contributed by atoms with Crippen LogP contribution in [0.15, 0.2) is 6.07 Å². The minimum atomic E-state index is -0.772. The van der Waals surface area contributed by atoms with Gasteiger partial charge in [0.25, 0.3) is 0 Å². The Morgan fingerprint density at radius 2 is 2.14 bits per heavy atom. The first kappa shape index (κ1) is 11.2. The molecule has 0 aromatic carbocycles. The van der Waals surface area contributed by atoms with E-state index >= 15 is 0 Å². The topological polar surface area (TPSA) is 58.0 Å². The fraction of sp³-hybridized carbons (Fsp3) is 0.556. The van der Waals surface area contributed by atoms with Crippen LogP contribution < -0.4 is 5.32 Å². The highest BCUT2D eigenvalue weighted by atomic mass is 35.5. The summed E-state index contributed by atoms with van der Waals surface area (Å²) >= 11 is 5.68. The van der Waals surface area contributed by atoms with E-state index in [1.54, 1.807) is 19.9 Å². The van der Waals surface area contributed by atoms with E-state index in [1.165, 1.54) is 0 Å². The Morgan fingerprint density at radius 3 is 2.64 bits per heavy atom. The van der Waals surface area contributed by atoms with E-state index in [1.807, 2.05) is 6.92 Å². The van der Waals surface area contributed by atoms with Gasteiger partial charge in [-0.2, -0.15) is 0 Å². The van der Waals surface area contributed by atoms with Crippen LogP contribution in [0.1, 0.15) is 19.5 Å². The summed E-state index contributed by atoms with van der Waals surface area (Å²) in [7, 11) is 0. The number of aliphatic hydroxyl groups is 1. The molecule has 14 heavy (non-hydrogen) atoms. The molecule has 5 heteroatoms. The van der Waals surface area contributed by atoms with Crippen LogP contribution in [-0.4, -0.2) is 27.2 Å². The molecule has 1 aromatic rings. The first-order valence-corrected chi connectivity index (χ1v) is 4.72. The van der Waals surface area contributed by atoms with Crippen molar-refractivity contribution in [2.75, 3.05) is 11.9 Å². The summed E-state index contributed by atoms with van der Waals surface area (Å²) in [5.41, 5.74) is 0.0222. The van der Waals surface area contributed by atoms with E-state index in [2.05, 4.69) is 15.3 Å². The molecule has 0 fully saturated rings. The molecule has 1 rings (SSSR count). The van der Waals surface area contributed by atoms with Crippen molar-refractivity contribution in [2.45, 2.75) is 26.4 Å². The highest BCUT2D eigenvalue weighted by molar-refractivity contribution is 6.28. The third-order valence-electron chi connectivity index (χ3n) is 1.53. The second kappa shape index (κ2) is 4.11. The first-order valence-electron chi connectivity index (χ1n) is 4.34. The maximum atomic E-state index is 9.48. The number of rotatable bonds is 3. The summed E-state index contributed by atoms with van der Waals surface area (Å²) in [6.07, 6.45) is 0. The van der Waals surface area contributed by atoms with E-state index in [-0.39, 0.29) is 5.28 Å². The number of aryl methyl sites for hydroxylation is 1. The molecule has 0 aliphatic heterocycles. The van der Waals surface area contributed by atoms with Gasteiger partial charge in [0.2, 0.25) is 5.28 Å². The molecule has 0 atom stereocenters.